The zero-order chi connectivity index (χ0) is 18.2. The second-order valence-corrected chi connectivity index (χ2v) is 6.28. The highest BCUT2D eigenvalue weighted by atomic mass is 35.5. The number of hydrogen-bond acceptors (Lipinski definition) is 3. The summed E-state index contributed by atoms with van der Waals surface area (Å²) in [6, 6.07) is 3.36. The predicted octanol–water partition coefficient (Wildman–Crippen LogP) is 2.95. The van der Waals surface area contributed by atoms with Crippen molar-refractivity contribution >= 4 is 29.9 Å². The number of para-hydroxylation sites is 1. The van der Waals surface area contributed by atoms with Crippen molar-refractivity contribution in [3.05, 3.63) is 29.8 Å². The minimum Gasteiger partial charge on any atom is -0.334 e. The van der Waals surface area contributed by atoms with E-state index >= 15 is 0 Å². The van der Waals surface area contributed by atoms with Crippen LogP contribution >= 0.6 is 12.4 Å². The summed E-state index contributed by atoms with van der Waals surface area (Å²) in [6.45, 7) is 3.90. The molecule has 1 aliphatic rings. The quantitative estimate of drug-likeness (QED) is 0.753. The number of carbonyl (C=O) groups is 2. The largest absolute Gasteiger partial charge is 0.334 e. The fourth-order valence-electron chi connectivity index (χ4n) is 3.00. The first-order chi connectivity index (χ1) is 12.0. The molecule has 0 bridgehead atoms. The molecule has 0 unspecified atom stereocenters. The molecule has 1 aromatic rings. The maximum Gasteiger partial charge on any atom is 0.244 e. The number of piperidine rings is 1. The summed E-state index contributed by atoms with van der Waals surface area (Å²) in [5.74, 6) is -1.86. The van der Waals surface area contributed by atoms with Gasteiger partial charge in [-0.05, 0) is 57.3 Å². The summed E-state index contributed by atoms with van der Waals surface area (Å²) < 4.78 is 27.1. The fourth-order valence-corrected chi connectivity index (χ4v) is 3.00. The van der Waals surface area contributed by atoms with Crippen molar-refractivity contribution in [1.82, 2.24) is 10.2 Å². The molecule has 2 rings (SSSR count). The molecule has 0 radical (unpaired) electrons. The Balaban J connectivity index is 0.00000338. The van der Waals surface area contributed by atoms with E-state index < -0.39 is 23.2 Å². The average molecular weight is 390 g/mol. The van der Waals surface area contributed by atoms with Crippen LogP contribution in [-0.4, -0.2) is 42.9 Å². The molecule has 5 nitrogen and oxygen atoms in total. The normalized spacial score (nSPS) is 14.4. The molecule has 146 valence electrons. The van der Waals surface area contributed by atoms with E-state index in [4.69, 9.17) is 0 Å². The molecule has 1 aliphatic heterocycles. The minimum absolute atomic E-state index is 0. The molecule has 1 saturated heterocycles. The lowest BCUT2D eigenvalue weighted by atomic mass is 9.93. The van der Waals surface area contributed by atoms with Gasteiger partial charge in [0.25, 0.3) is 0 Å². The topological polar surface area (TPSA) is 61.4 Å². The van der Waals surface area contributed by atoms with Crippen molar-refractivity contribution < 1.29 is 18.4 Å². The van der Waals surface area contributed by atoms with Crippen LogP contribution < -0.4 is 10.6 Å². The van der Waals surface area contributed by atoms with Crippen LogP contribution in [0.2, 0.25) is 0 Å². The highest BCUT2D eigenvalue weighted by molar-refractivity contribution is 5.94. The van der Waals surface area contributed by atoms with Gasteiger partial charge >= 0.3 is 0 Å². The van der Waals surface area contributed by atoms with Crippen molar-refractivity contribution in [3.8, 4) is 0 Å². The first-order valence-electron chi connectivity index (χ1n) is 8.73. The Morgan fingerprint density at radius 2 is 1.85 bits per heavy atom. The van der Waals surface area contributed by atoms with Crippen molar-refractivity contribution in [2.45, 2.75) is 32.6 Å². The minimum atomic E-state index is -0.839. The van der Waals surface area contributed by atoms with Crippen molar-refractivity contribution in [2.75, 3.05) is 31.5 Å². The Morgan fingerprint density at radius 1 is 1.23 bits per heavy atom. The molecule has 1 heterocycles. The number of benzene rings is 1. The fraction of sp³-hybridized carbons (Fsp3) is 0.556. The van der Waals surface area contributed by atoms with Gasteiger partial charge in [-0.3, -0.25) is 9.59 Å². The molecule has 0 atom stereocenters. The molecule has 8 heteroatoms. The van der Waals surface area contributed by atoms with Gasteiger partial charge in [0.1, 0.15) is 17.3 Å². The zero-order valence-electron chi connectivity index (χ0n) is 14.9. The van der Waals surface area contributed by atoms with E-state index in [1.807, 2.05) is 0 Å². The van der Waals surface area contributed by atoms with Crippen LogP contribution in [0.25, 0.3) is 0 Å². The summed E-state index contributed by atoms with van der Waals surface area (Å²) in [6.07, 6.45) is 3.32. The smallest absolute Gasteiger partial charge is 0.244 e. The molecule has 0 aliphatic carbocycles. The molecule has 1 fully saturated rings. The van der Waals surface area contributed by atoms with Crippen LogP contribution in [0.15, 0.2) is 18.2 Å². The third kappa shape index (κ3) is 6.53. The Bertz CT molecular complexity index is 590. The Morgan fingerprint density at radius 3 is 2.42 bits per heavy atom. The number of hydrogen-bond donors (Lipinski definition) is 2. The number of amides is 2. The van der Waals surface area contributed by atoms with E-state index in [0.29, 0.717) is 18.9 Å². The van der Waals surface area contributed by atoms with Gasteiger partial charge in [-0.2, -0.15) is 0 Å². The van der Waals surface area contributed by atoms with Crippen LogP contribution in [-0.2, 0) is 9.59 Å². The molecule has 26 heavy (non-hydrogen) atoms. The average Bonchev–Trinajstić information content (AvgIpc) is 2.61. The summed E-state index contributed by atoms with van der Waals surface area (Å²) in [7, 11) is 0. The second-order valence-electron chi connectivity index (χ2n) is 6.28. The molecular formula is C18H26ClF2N3O2. The third-order valence-corrected chi connectivity index (χ3v) is 4.52. The first kappa shape index (κ1) is 22.3. The van der Waals surface area contributed by atoms with Crippen molar-refractivity contribution in [1.29, 1.82) is 0 Å². The summed E-state index contributed by atoms with van der Waals surface area (Å²) in [5.41, 5.74) is -0.481. The van der Waals surface area contributed by atoms with Gasteiger partial charge in [0.05, 0.1) is 6.54 Å². The number of nitrogens with one attached hydrogen (secondary N) is 2. The van der Waals surface area contributed by atoms with Gasteiger partial charge in [0.15, 0.2) is 0 Å². The van der Waals surface area contributed by atoms with Gasteiger partial charge in [0, 0.05) is 13.0 Å². The lowest BCUT2D eigenvalue weighted by Gasteiger charge is -2.24. The van der Waals surface area contributed by atoms with Crippen molar-refractivity contribution in [2.24, 2.45) is 5.92 Å². The number of rotatable bonds is 7. The number of nitrogens with zero attached hydrogens (tertiary/aromatic N) is 1. The van der Waals surface area contributed by atoms with Gasteiger partial charge in [-0.1, -0.05) is 6.07 Å². The third-order valence-electron chi connectivity index (χ3n) is 4.52. The maximum absolute atomic E-state index is 13.6. The standard InChI is InChI=1S/C18H25F2N3O2.ClH/c1-2-23(17(25)7-6-13-8-10-21-11-9-13)12-16(24)22-18-14(19)4-3-5-15(18)20;/h3-5,13,21H,2,6-12H2,1H3,(H,22,24);1H. The molecule has 2 amide bonds. The number of anilines is 1. The van der Waals surface area contributed by atoms with Crippen LogP contribution in [0.3, 0.4) is 0 Å². The number of likely N-dealkylation sites (N-methyl/N-ethyl adjacent to an activating group) is 1. The van der Waals surface area contributed by atoms with Crippen LogP contribution in [0.1, 0.15) is 32.6 Å². The van der Waals surface area contributed by atoms with E-state index in [9.17, 15) is 18.4 Å². The molecule has 2 N–H and O–H groups in total. The van der Waals surface area contributed by atoms with E-state index in [0.717, 1.165) is 44.5 Å². The highest BCUT2D eigenvalue weighted by Crippen LogP contribution is 2.19. The molecule has 0 saturated carbocycles. The predicted molar refractivity (Wildman–Crippen MR) is 99.3 cm³/mol. The molecule has 0 spiro atoms. The summed E-state index contributed by atoms with van der Waals surface area (Å²) in [4.78, 5) is 25.8. The molecule has 0 aromatic heterocycles. The molecular weight excluding hydrogens is 364 g/mol. The first-order valence-corrected chi connectivity index (χ1v) is 8.73. The number of carbonyl (C=O) groups excluding carboxylic acids is 2. The van der Waals surface area contributed by atoms with Gasteiger partial charge < -0.3 is 15.5 Å². The lowest BCUT2D eigenvalue weighted by Crippen LogP contribution is -2.38. The SMILES string of the molecule is CCN(CC(=O)Nc1c(F)cccc1F)C(=O)CCC1CCNCC1.Cl. The number of halogens is 3. The maximum atomic E-state index is 13.6. The van der Waals surface area contributed by atoms with E-state index in [1.165, 1.54) is 11.0 Å². The van der Waals surface area contributed by atoms with Gasteiger partial charge in [-0.15, -0.1) is 12.4 Å². The Labute approximate surface area is 158 Å². The highest BCUT2D eigenvalue weighted by Gasteiger charge is 2.20. The van der Waals surface area contributed by atoms with E-state index in [2.05, 4.69) is 10.6 Å². The van der Waals surface area contributed by atoms with Gasteiger partial charge in [0.2, 0.25) is 11.8 Å². The zero-order valence-corrected chi connectivity index (χ0v) is 15.7. The van der Waals surface area contributed by atoms with Crippen LogP contribution in [0, 0.1) is 17.6 Å². The van der Waals surface area contributed by atoms with E-state index in [1.54, 1.807) is 6.92 Å². The van der Waals surface area contributed by atoms with Crippen LogP contribution in [0.4, 0.5) is 14.5 Å². The summed E-state index contributed by atoms with van der Waals surface area (Å²) in [5, 5.41) is 5.50. The van der Waals surface area contributed by atoms with Gasteiger partial charge in [-0.25, -0.2) is 8.78 Å². The second kappa shape index (κ2) is 11.1. The van der Waals surface area contributed by atoms with Crippen LogP contribution in [0.5, 0.6) is 0 Å². The lowest BCUT2D eigenvalue weighted by molar-refractivity contribution is -0.134. The Kier molecular flexibility index (Phi) is 9.51. The van der Waals surface area contributed by atoms with E-state index in [-0.39, 0.29) is 24.9 Å². The Hall–Kier alpha value is -1.73. The van der Waals surface area contributed by atoms with Crippen molar-refractivity contribution in [3.63, 3.8) is 0 Å². The molecule has 1 aromatic carbocycles. The monoisotopic (exact) mass is 389 g/mol. The summed E-state index contributed by atoms with van der Waals surface area (Å²) >= 11 is 0.